The van der Waals surface area contributed by atoms with Crippen LogP contribution in [0.5, 0.6) is 0 Å². The van der Waals surface area contributed by atoms with Crippen molar-refractivity contribution in [3.05, 3.63) is 29.0 Å². The van der Waals surface area contributed by atoms with Gasteiger partial charge in [-0.25, -0.2) is 4.98 Å². The molecule has 3 heterocycles. The number of hydrogen-bond acceptors (Lipinski definition) is 5. The molecule has 5 nitrogen and oxygen atoms in total. The minimum atomic E-state index is -0.705. The standard InChI is InChI=1S/C14H16N2O3S.ClH/c1-9-11(8-16-5-4-10(7-16)14(17)18)15-13(19-9)12-3-2-6-20-12;/h2-3,6,10H,4-5,7-8H2,1H3,(H,17,18);1H. The molecule has 1 atom stereocenters. The van der Waals surface area contributed by atoms with Gasteiger partial charge in [0.1, 0.15) is 5.76 Å². The number of carboxylic acid groups (broad SMARTS) is 1. The van der Waals surface area contributed by atoms with Crippen molar-refractivity contribution in [3.63, 3.8) is 0 Å². The van der Waals surface area contributed by atoms with E-state index in [1.807, 2.05) is 24.4 Å². The Kier molecular flexibility index (Phi) is 5.03. The number of carboxylic acids is 1. The van der Waals surface area contributed by atoms with Crippen molar-refractivity contribution in [2.24, 2.45) is 5.92 Å². The van der Waals surface area contributed by atoms with E-state index in [4.69, 9.17) is 9.52 Å². The first-order valence-corrected chi connectivity index (χ1v) is 7.47. The number of rotatable bonds is 4. The number of aryl methyl sites for hydroxylation is 1. The molecule has 1 aliphatic heterocycles. The fraction of sp³-hybridized carbons (Fsp3) is 0.429. The summed E-state index contributed by atoms with van der Waals surface area (Å²) in [6, 6.07) is 3.95. The summed E-state index contributed by atoms with van der Waals surface area (Å²) in [5, 5.41) is 11.0. The van der Waals surface area contributed by atoms with Crippen LogP contribution in [0.25, 0.3) is 10.8 Å². The third kappa shape index (κ3) is 3.45. The first kappa shape index (κ1) is 16.0. The lowest BCUT2D eigenvalue weighted by Gasteiger charge is -2.13. The number of nitrogens with zero attached hydrogens (tertiary/aromatic N) is 2. The van der Waals surface area contributed by atoms with Crippen LogP contribution in [0.4, 0.5) is 0 Å². The second kappa shape index (κ2) is 6.60. The van der Waals surface area contributed by atoms with Crippen molar-refractivity contribution in [2.75, 3.05) is 13.1 Å². The summed E-state index contributed by atoms with van der Waals surface area (Å²) in [7, 11) is 0. The van der Waals surface area contributed by atoms with Gasteiger partial charge in [0.25, 0.3) is 0 Å². The molecule has 114 valence electrons. The Morgan fingerprint density at radius 2 is 2.43 bits per heavy atom. The summed E-state index contributed by atoms with van der Waals surface area (Å²) >= 11 is 1.60. The predicted molar refractivity (Wildman–Crippen MR) is 82.8 cm³/mol. The summed E-state index contributed by atoms with van der Waals surface area (Å²) in [5.41, 5.74) is 0.902. The maximum atomic E-state index is 11.0. The molecule has 2 aromatic rings. The summed E-state index contributed by atoms with van der Waals surface area (Å²) in [4.78, 5) is 18.7. The molecule has 3 rings (SSSR count). The van der Waals surface area contributed by atoms with Crippen LogP contribution < -0.4 is 0 Å². The van der Waals surface area contributed by atoms with E-state index in [-0.39, 0.29) is 18.3 Å². The van der Waals surface area contributed by atoms with E-state index in [2.05, 4.69) is 9.88 Å². The van der Waals surface area contributed by atoms with Crippen LogP contribution in [-0.2, 0) is 11.3 Å². The van der Waals surface area contributed by atoms with E-state index in [9.17, 15) is 4.79 Å². The predicted octanol–water partition coefficient (Wildman–Crippen LogP) is 3.04. The molecule has 0 radical (unpaired) electrons. The number of aliphatic carboxylic acids is 1. The molecule has 0 amide bonds. The van der Waals surface area contributed by atoms with E-state index in [0.29, 0.717) is 25.4 Å². The van der Waals surface area contributed by atoms with Crippen LogP contribution in [0.3, 0.4) is 0 Å². The van der Waals surface area contributed by atoms with E-state index >= 15 is 0 Å². The highest BCUT2D eigenvalue weighted by Crippen LogP contribution is 2.27. The van der Waals surface area contributed by atoms with Crippen molar-refractivity contribution >= 4 is 29.7 Å². The maximum absolute atomic E-state index is 11.0. The monoisotopic (exact) mass is 328 g/mol. The van der Waals surface area contributed by atoms with Crippen LogP contribution >= 0.6 is 23.7 Å². The third-order valence-corrected chi connectivity index (χ3v) is 4.48. The third-order valence-electron chi connectivity index (χ3n) is 3.62. The minimum Gasteiger partial charge on any atom is -0.481 e. The van der Waals surface area contributed by atoms with Gasteiger partial charge in [-0.05, 0) is 31.3 Å². The molecular weight excluding hydrogens is 312 g/mol. The maximum Gasteiger partial charge on any atom is 0.307 e. The van der Waals surface area contributed by atoms with Gasteiger partial charge >= 0.3 is 5.97 Å². The fourth-order valence-electron chi connectivity index (χ4n) is 2.47. The van der Waals surface area contributed by atoms with Crippen molar-refractivity contribution in [3.8, 4) is 10.8 Å². The molecule has 1 unspecified atom stereocenters. The molecule has 0 aliphatic carbocycles. The normalized spacial score (nSPS) is 18.6. The van der Waals surface area contributed by atoms with E-state index in [1.165, 1.54) is 0 Å². The lowest BCUT2D eigenvalue weighted by Crippen LogP contribution is -2.23. The largest absolute Gasteiger partial charge is 0.481 e. The zero-order valence-corrected chi connectivity index (χ0v) is 13.2. The van der Waals surface area contributed by atoms with Gasteiger partial charge in [0.2, 0.25) is 5.89 Å². The number of halogens is 1. The highest BCUT2D eigenvalue weighted by Gasteiger charge is 2.28. The Bertz CT molecular complexity index is 612. The van der Waals surface area contributed by atoms with Gasteiger partial charge in [-0.15, -0.1) is 23.7 Å². The number of oxazole rings is 1. The van der Waals surface area contributed by atoms with Gasteiger partial charge in [-0.3, -0.25) is 9.69 Å². The first-order valence-electron chi connectivity index (χ1n) is 6.59. The highest BCUT2D eigenvalue weighted by atomic mass is 35.5. The highest BCUT2D eigenvalue weighted by molar-refractivity contribution is 7.13. The average molecular weight is 329 g/mol. The summed E-state index contributed by atoms with van der Waals surface area (Å²) in [5.74, 6) is 0.510. The van der Waals surface area contributed by atoms with E-state index < -0.39 is 5.97 Å². The zero-order valence-electron chi connectivity index (χ0n) is 11.6. The molecule has 2 aromatic heterocycles. The minimum absolute atomic E-state index is 0. The second-order valence-electron chi connectivity index (χ2n) is 5.06. The molecule has 1 aliphatic rings. The quantitative estimate of drug-likeness (QED) is 0.934. The smallest absolute Gasteiger partial charge is 0.307 e. The van der Waals surface area contributed by atoms with Gasteiger partial charge in [-0.1, -0.05) is 6.07 Å². The van der Waals surface area contributed by atoms with Crippen molar-refractivity contribution < 1.29 is 14.3 Å². The molecular formula is C14H17ClN2O3S. The average Bonchev–Trinajstić information content (AvgIpc) is 3.11. The van der Waals surface area contributed by atoms with Crippen LogP contribution in [0, 0.1) is 12.8 Å². The van der Waals surface area contributed by atoms with Crippen LogP contribution in [0.1, 0.15) is 17.9 Å². The molecule has 1 saturated heterocycles. The number of thiophene rings is 1. The van der Waals surface area contributed by atoms with Crippen molar-refractivity contribution in [2.45, 2.75) is 19.9 Å². The number of hydrogen-bond donors (Lipinski definition) is 1. The van der Waals surface area contributed by atoms with Crippen molar-refractivity contribution in [1.82, 2.24) is 9.88 Å². The lowest BCUT2D eigenvalue weighted by molar-refractivity contribution is -0.141. The SMILES string of the molecule is Cc1oc(-c2cccs2)nc1CN1CCC(C(=O)O)C1.Cl. The Balaban J connectivity index is 0.00000161. The molecule has 0 saturated carbocycles. The van der Waals surface area contributed by atoms with Crippen LogP contribution in [0.2, 0.25) is 0 Å². The van der Waals surface area contributed by atoms with E-state index in [1.54, 1.807) is 11.3 Å². The van der Waals surface area contributed by atoms with Crippen molar-refractivity contribution in [1.29, 1.82) is 0 Å². The number of aromatic nitrogens is 1. The van der Waals surface area contributed by atoms with Gasteiger partial charge in [0.15, 0.2) is 0 Å². The topological polar surface area (TPSA) is 66.6 Å². The Morgan fingerprint density at radius 3 is 3.05 bits per heavy atom. The zero-order chi connectivity index (χ0) is 14.1. The summed E-state index contributed by atoms with van der Waals surface area (Å²) < 4.78 is 5.70. The van der Waals surface area contributed by atoms with Gasteiger partial charge in [-0.2, -0.15) is 0 Å². The second-order valence-corrected chi connectivity index (χ2v) is 6.01. The number of likely N-dealkylation sites (tertiary alicyclic amines) is 1. The Labute approximate surface area is 133 Å². The fourth-order valence-corrected chi connectivity index (χ4v) is 3.12. The Hall–Kier alpha value is -1.37. The molecule has 1 fully saturated rings. The first-order chi connectivity index (χ1) is 9.63. The van der Waals surface area contributed by atoms with E-state index in [0.717, 1.165) is 22.9 Å². The summed E-state index contributed by atoms with van der Waals surface area (Å²) in [6.07, 6.45) is 0.712. The molecule has 0 bridgehead atoms. The lowest BCUT2D eigenvalue weighted by atomic mass is 10.1. The summed E-state index contributed by atoms with van der Waals surface area (Å²) in [6.45, 7) is 3.96. The molecule has 0 aromatic carbocycles. The van der Waals surface area contributed by atoms with Gasteiger partial charge in [0.05, 0.1) is 16.5 Å². The Morgan fingerprint density at radius 1 is 1.62 bits per heavy atom. The molecule has 0 spiro atoms. The number of carbonyl (C=O) groups is 1. The molecule has 21 heavy (non-hydrogen) atoms. The van der Waals surface area contributed by atoms with Gasteiger partial charge in [0, 0.05) is 13.1 Å². The van der Waals surface area contributed by atoms with Crippen LogP contribution in [0.15, 0.2) is 21.9 Å². The molecule has 7 heteroatoms. The molecule has 1 N–H and O–H groups in total. The van der Waals surface area contributed by atoms with Gasteiger partial charge < -0.3 is 9.52 Å². The van der Waals surface area contributed by atoms with Crippen LogP contribution in [-0.4, -0.2) is 34.0 Å².